The molecule has 0 unspecified atom stereocenters. The van der Waals surface area contributed by atoms with Crippen molar-refractivity contribution in [2.75, 3.05) is 13.1 Å². The molecule has 168 valence electrons. The number of nitrogens with zero attached hydrogens (tertiary/aromatic N) is 3. The Balaban J connectivity index is 1.65. The molecule has 1 aromatic heterocycles. The molecule has 1 N–H and O–H groups in total. The first-order valence-corrected chi connectivity index (χ1v) is 11.9. The molecule has 3 aromatic rings. The number of imidazole rings is 1. The molecule has 32 heavy (non-hydrogen) atoms. The van der Waals surface area contributed by atoms with E-state index in [0.717, 1.165) is 37.0 Å². The number of amides is 1. The van der Waals surface area contributed by atoms with Crippen LogP contribution >= 0.6 is 0 Å². The maximum Gasteiger partial charge on any atom is 0.252 e. The minimum absolute atomic E-state index is 0.0668. The third-order valence-electron chi connectivity index (χ3n) is 5.65. The van der Waals surface area contributed by atoms with E-state index in [1.54, 1.807) is 17.0 Å². The van der Waals surface area contributed by atoms with E-state index in [0.29, 0.717) is 18.9 Å². The van der Waals surface area contributed by atoms with E-state index >= 15 is 0 Å². The summed E-state index contributed by atoms with van der Waals surface area (Å²) < 4.78 is 43.6. The van der Waals surface area contributed by atoms with Crippen molar-refractivity contribution < 1.29 is 17.6 Å². The molecular weight excluding hydrogens is 431 g/mol. The second-order valence-electron chi connectivity index (χ2n) is 7.82. The predicted molar refractivity (Wildman–Crippen MR) is 118 cm³/mol. The van der Waals surface area contributed by atoms with Crippen LogP contribution in [0.3, 0.4) is 0 Å². The fraction of sp³-hybridized carbons (Fsp3) is 0.304. The number of aromatic nitrogens is 2. The van der Waals surface area contributed by atoms with Crippen molar-refractivity contribution in [1.29, 1.82) is 0 Å². The number of carbonyl (C=O) groups excluding carboxylic acids is 1. The molecule has 0 spiro atoms. The first kappa shape index (κ1) is 22.2. The van der Waals surface area contributed by atoms with E-state index < -0.39 is 32.7 Å². The molecule has 2 aromatic carbocycles. The van der Waals surface area contributed by atoms with Gasteiger partial charge in [0.15, 0.2) is 0 Å². The van der Waals surface area contributed by atoms with Gasteiger partial charge in [0.2, 0.25) is 10.0 Å². The summed E-state index contributed by atoms with van der Waals surface area (Å²) in [7, 11) is -2.19. The van der Waals surface area contributed by atoms with Gasteiger partial charge < -0.3 is 9.88 Å². The van der Waals surface area contributed by atoms with Crippen LogP contribution in [0.2, 0.25) is 0 Å². The number of benzene rings is 2. The largest absolute Gasteiger partial charge is 0.338 e. The lowest BCUT2D eigenvalue weighted by Gasteiger charge is -2.26. The second-order valence-corrected chi connectivity index (χ2v) is 9.73. The molecule has 0 bridgehead atoms. The van der Waals surface area contributed by atoms with Crippen molar-refractivity contribution in [1.82, 2.24) is 19.2 Å². The smallest absolute Gasteiger partial charge is 0.252 e. The van der Waals surface area contributed by atoms with E-state index in [1.807, 2.05) is 37.4 Å². The zero-order valence-corrected chi connectivity index (χ0v) is 18.6. The van der Waals surface area contributed by atoms with Crippen molar-refractivity contribution >= 4 is 15.9 Å². The minimum Gasteiger partial charge on any atom is -0.338 e. The monoisotopic (exact) mass is 456 g/mol. The van der Waals surface area contributed by atoms with E-state index in [2.05, 4.69) is 10.3 Å². The first-order valence-electron chi connectivity index (χ1n) is 10.5. The summed E-state index contributed by atoms with van der Waals surface area (Å²) in [5.41, 5.74) is 0.885. The molecule has 1 amide bonds. The summed E-state index contributed by atoms with van der Waals surface area (Å²) >= 11 is 0. The molecule has 4 rings (SSSR count). The number of nitrogens with one attached hydrogen (secondary N) is 1. The minimum atomic E-state index is -4.02. The Bertz CT molecular complexity index is 1200. The number of piperidine rings is 1. The fourth-order valence-electron chi connectivity index (χ4n) is 3.90. The van der Waals surface area contributed by atoms with Gasteiger partial charge >= 0.3 is 0 Å². The first-order chi connectivity index (χ1) is 15.4. The molecule has 1 saturated heterocycles. The van der Waals surface area contributed by atoms with Crippen LogP contribution in [0.25, 0.3) is 0 Å². The number of hydrogen-bond donors (Lipinski definition) is 1. The quantitative estimate of drug-likeness (QED) is 0.617. The summed E-state index contributed by atoms with van der Waals surface area (Å²) in [5, 5.41) is 2.92. The number of halogens is 1. The maximum atomic E-state index is 14.5. The summed E-state index contributed by atoms with van der Waals surface area (Å²) in [5.74, 6) is -0.763. The Labute approximate surface area is 186 Å². The van der Waals surface area contributed by atoms with Crippen molar-refractivity contribution in [2.45, 2.75) is 30.2 Å². The van der Waals surface area contributed by atoms with Crippen LogP contribution in [0.4, 0.5) is 4.39 Å². The normalized spacial score (nSPS) is 15.9. The van der Waals surface area contributed by atoms with Crippen LogP contribution in [-0.4, -0.2) is 41.3 Å². The highest BCUT2D eigenvalue weighted by Crippen LogP contribution is 2.25. The lowest BCUT2D eigenvalue weighted by Crippen LogP contribution is -2.36. The lowest BCUT2D eigenvalue weighted by molar-refractivity contribution is 0.0941. The number of hydrogen-bond acceptors (Lipinski definition) is 4. The van der Waals surface area contributed by atoms with Gasteiger partial charge in [0, 0.05) is 38.1 Å². The Morgan fingerprint density at radius 3 is 2.47 bits per heavy atom. The van der Waals surface area contributed by atoms with Crippen molar-refractivity contribution in [3.05, 3.63) is 83.7 Å². The van der Waals surface area contributed by atoms with Crippen molar-refractivity contribution in [2.24, 2.45) is 7.05 Å². The Kier molecular flexibility index (Phi) is 6.38. The Hall–Kier alpha value is -3.04. The van der Waals surface area contributed by atoms with Crippen molar-refractivity contribution in [3.63, 3.8) is 0 Å². The number of carbonyl (C=O) groups is 1. The van der Waals surface area contributed by atoms with E-state index in [4.69, 9.17) is 0 Å². The third kappa shape index (κ3) is 4.44. The van der Waals surface area contributed by atoms with Crippen LogP contribution < -0.4 is 5.32 Å². The molecule has 7 nitrogen and oxygen atoms in total. The average Bonchev–Trinajstić information content (AvgIpc) is 3.24. The van der Waals surface area contributed by atoms with Crippen LogP contribution in [-0.2, 0) is 17.1 Å². The molecule has 0 radical (unpaired) electrons. The summed E-state index contributed by atoms with van der Waals surface area (Å²) in [4.78, 5) is 17.0. The van der Waals surface area contributed by atoms with Crippen molar-refractivity contribution in [3.8, 4) is 0 Å². The SMILES string of the molecule is Cn1ccnc1[C@H](NC(=O)c1ccc(F)c(S(=O)(=O)N2CCCCC2)c1)c1ccccc1. The van der Waals surface area contributed by atoms with Gasteiger partial charge in [0.05, 0.1) is 0 Å². The predicted octanol–water partition coefficient (Wildman–Crippen LogP) is 3.25. The molecule has 1 aliphatic heterocycles. The molecule has 0 aliphatic carbocycles. The summed E-state index contributed by atoms with van der Waals surface area (Å²) in [6, 6.07) is 12.2. The highest BCUT2D eigenvalue weighted by molar-refractivity contribution is 7.89. The zero-order chi connectivity index (χ0) is 22.7. The van der Waals surface area contributed by atoms with Gasteiger partial charge in [-0.3, -0.25) is 4.79 Å². The standard InChI is InChI=1S/C23H25FN4O3S/c1-27-15-12-25-22(27)21(17-8-4-2-5-9-17)26-23(29)18-10-11-19(24)20(16-18)32(30,31)28-13-6-3-7-14-28/h2,4-5,8-12,15-16,21H,3,6-7,13-14H2,1H3,(H,26,29)/t21-/m1/s1. The van der Waals surface area contributed by atoms with E-state index in [9.17, 15) is 17.6 Å². The van der Waals surface area contributed by atoms with Gasteiger partial charge in [0.1, 0.15) is 22.6 Å². The average molecular weight is 457 g/mol. The zero-order valence-electron chi connectivity index (χ0n) is 17.7. The van der Waals surface area contributed by atoms with E-state index in [-0.39, 0.29) is 5.56 Å². The molecule has 1 aliphatic rings. The topological polar surface area (TPSA) is 84.3 Å². The summed E-state index contributed by atoms with van der Waals surface area (Å²) in [6.45, 7) is 0.709. The lowest BCUT2D eigenvalue weighted by atomic mass is 10.1. The second kappa shape index (κ2) is 9.22. The van der Waals surface area contributed by atoms with Gasteiger partial charge in [-0.1, -0.05) is 36.8 Å². The van der Waals surface area contributed by atoms with E-state index in [1.165, 1.54) is 10.4 Å². The van der Waals surface area contributed by atoms with Gasteiger partial charge in [-0.25, -0.2) is 17.8 Å². The maximum absolute atomic E-state index is 14.5. The highest BCUT2D eigenvalue weighted by Gasteiger charge is 2.30. The number of aryl methyl sites for hydroxylation is 1. The van der Waals surface area contributed by atoms with Crippen LogP contribution in [0.5, 0.6) is 0 Å². The number of rotatable bonds is 6. The Morgan fingerprint density at radius 1 is 1.09 bits per heavy atom. The highest BCUT2D eigenvalue weighted by atomic mass is 32.2. The van der Waals surface area contributed by atoms with Gasteiger partial charge in [-0.05, 0) is 36.6 Å². The number of sulfonamides is 1. The molecule has 2 heterocycles. The van der Waals surface area contributed by atoms with Gasteiger partial charge in [-0.15, -0.1) is 0 Å². The molecular formula is C23H25FN4O3S. The molecule has 1 fully saturated rings. The molecule has 0 saturated carbocycles. The van der Waals surface area contributed by atoms with Gasteiger partial charge in [-0.2, -0.15) is 4.31 Å². The third-order valence-corrected chi connectivity index (χ3v) is 7.56. The molecule has 9 heteroatoms. The van der Waals surface area contributed by atoms with Crippen LogP contribution in [0.1, 0.15) is 47.1 Å². The Morgan fingerprint density at radius 2 is 1.81 bits per heavy atom. The van der Waals surface area contributed by atoms with Gasteiger partial charge in [0.25, 0.3) is 5.91 Å². The van der Waals surface area contributed by atoms with Crippen LogP contribution in [0, 0.1) is 5.82 Å². The fourth-order valence-corrected chi connectivity index (χ4v) is 5.51. The molecule has 1 atom stereocenters. The summed E-state index contributed by atoms with van der Waals surface area (Å²) in [6.07, 6.45) is 5.84. The van der Waals surface area contributed by atoms with Crippen LogP contribution in [0.15, 0.2) is 65.8 Å².